The lowest BCUT2D eigenvalue weighted by molar-refractivity contribution is 0.593. The highest BCUT2D eigenvalue weighted by Crippen LogP contribution is 2.21. The van der Waals surface area contributed by atoms with Crippen molar-refractivity contribution < 1.29 is 8.42 Å². The fourth-order valence-corrected chi connectivity index (χ4v) is 4.34. The maximum absolute atomic E-state index is 11.5. The topological polar surface area (TPSA) is 60.2 Å². The molecule has 1 aromatic heterocycles. The molecule has 1 aromatic rings. The molecule has 0 fully saturated rings. The van der Waals surface area contributed by atoms with Crippen LogP contribution in [0.25, 0.3) is 0 Å². The van der Waals surface area contributed by atoms with Gasteiger partial charge in [0.2, 0.25) is 0 Å². The first-order valence-electron chi connectivity index (χ1n) is 4.17. The van der Waals surface area contributed by atoms with E-state index in [1.165, 1.54) is 11.3 Å². The molecule has 0 saturated carbocycles. The Labute approximate surface area is 96.4 Å². The average molecular weight is 298 g/mol. The van der Waals surface area contributed by atoms with E-state index in [0.717, 1.165) is 9.35 Å². The van der Waals surface area contributed by atoms with E-state index in [0.29, 0.717) is 13.0 Å². The smallest absolute Gasteiger partial charge is 0.155 e. The number of hydrogen-bond donors (Lipinski definition) is 1. The van der Waals surface area contributed by atoms with Crippen LogP contribution in [0.4, 0.5) is 0 Å². The predicted molar refractivity (Wildman–Crippen MR) is 63.2 cm³/mol. The molecule has 0 bridgehead atoms. The molecular formula is C8H12BrNO2S2. The van der Waals surface area contributed by atoms with Gasteiger partial charge in [0.15, 0.2) is 9.84 Å². The summed E-state index contributed by atoms with van der Waals surface area (Å²) >= 11 is 4.74. The summed E-state index contributed by atoms with van der Waals surface area (Å²) in [5, 5.41) is 1.88. The summed E-state index contributed by atoms with van der Waals surface area (Å²) in [6.45, 7) is 0.424. The summed E-state index contributed by atoms with van der Waals surface area (Å²) < 4.78 is 23.9. The number of halogens is 1. The Morgan fingerprint density at radius 1 is 1.50 bits per heavy atom. The van der Waals surface area contributed by atoms with Crippen LogP contribution >= 0.6 is 27.3 Å². The molecule has 80 valence electrons. The van der Waals surface area contributed by atoms with Crippen LogP contribution in [0.5, 0.6) is 0 Å². The average Bonchev–Trinajstić information content (AvgIpc) is 2.47. The molecular weight excluding hydrogens is 286 g/mol. The van der Waals surface area contributed by atoms with E-state index in [-0.39, 0.29) is 11.5 Å². The molecule has 0 aliphatic rings. The van der Waals surface area contributed by atoms with Gasteiger partial charge >= 0.3 is 0 Å². The van der Waals surface area contributed by atoms with Gasteiger partial charge in [-0.25, -0.2) is 8.42 Å². The second-order valence-corrected chi connectivity index (χ2v) is 7.06. The molecule has 0 aliphatic carbocycles. The molecule has 1 rings (SSSR count). The van der Waals surface area contributed by atoms with Gasteiger partial charge in [-0.1, -0.05) is 0 Å². The van der Waals surface area contributed by atoms with Crippen LogP contribution in [0.2, 0.25) is 0 Å². The first-order valence-corrected chi connectivity index (χ1v) is 7.66. The van der Waals surface area contributed by atoms with Crippen molar-refractivity contribution in [3.63, 3.8) is 0 Å². The Morgan fingerprint density at radius 2 is 2.21 bits per heavy atom. The van der Waals surface area contributed by atoms with Gasteiger partial charge in [0.1, 0.15) is 0 Å². The lowest BCUT2D eigenvalue weighted by atomic mass is 10.5. The van der Waals surface area contributed by atoms with Gasteiger partial charge in [-0.2, -0.15) is 0 Å². The molecule has 14 heavy (non-hydrogen) atoms. The minimum Gasteiger partial charge on any atom is -0.330 e. The third-order valence-electron chi connectivity index (χ3n) is 1.64. The SMILES string of the molecule is NCCCS(=O)(=O)Cc1cc(Br)cs1. The highest BCUT2D eigenvalue weighted by molar-refractivity contribution is 9.10. The Balaban J connectivity index is 2.59. The van der Waals surface area contributed by atoms with Crippen LogP contribution < -0.4 is 5.73 Å². The van der Waals surface area contributed by atoms with Crippen LogP contribution in [-0.4, -0.2) is 20.7 Å². The predicted octanol–water partition coefficient (Wildman–Crippen LogP) is 1.77. The van der Waals surface area contributed by atoms with E-state index in [2.05, 4.69) is 15.9 Å². The molecule has 2 N–H and O–H groups in total. The molecule has 0 aromatic carbocycles. The number of thiophene rings is 1. The van der Waals surface area contributed by atoms with Crippen LogP contribution in [0.15, 0.2) is 15.9 Å². The Bertz CT molecular complexity index is 386. The van der Waals surface area contributed by atoms with E-state index >= 15 is 0 Å². The molecule has 1 heterocycles. The first kappa shape index (κ1) is 12.2. The minimum atomic E-state index is -2.97. The summed E-state index contributed by atoms with van der Waals surface area (Å²) in [7, 11) is -2.97. The zero-order valence-corrected chi connectivity index (χ0v) is 10.8. The zero-order chi connectivity index (χ0) is 10.6. The van der Waals surface area contributed by atoms with Crippen molar-refractivity contribution in [1.82, 2.24) is 0 Å². The fraction of sp³-hybridized carbons (Fsp3) is 0.500. The van der Waals surface area contributed by atoms with Gasteiger partial charge in [-0.3, -0.25) is 0 Å². The molecule has 0 radical (unpaired) electrons. The van der Waals surface area contributed by atoms with Gasteiger partial charge in [-0.15, -0.1) is 11.3 Å². The van der Waals surface area contributed by atoms with E-state index in [1.54, 1.807) is 0 Å². The van der Waals surface area contributed by atoms with Crippen LogP contribution in [0.1, 0.15) is 11.3 Å². The maximum atomic E-state index is 11.5. The number of nitrogens with two attached hydrogens (primary N) is 1. The van der Waals surface area contributed by atoms with Gasteiger partial charge in [0.25, 0.3) is 0 Å². The Kier molecular flexibility index (Phi) is 4.56. The highest BCUT2D eigenvalue weighted by atomic mass is 79.9. The molecule has 0 atom stereocenters. The van der Waals surface area contributed by atoms with E-state index < -0.39 is 9.84 Å². The van der Waals surface area contributed by atoms with Gasteiger partial charge in [0, 0.05) is 14.7 Å². The van der Waals surface area contributed by atoms with Crippen molar-refractivity contribution in [3.8, 4) is 0 Å². The molecule has 6 heteroatoms. The third-order valence-corrected chi connectivity index (χ3v) is 5.19. The monoisotopic (exact) mass is 297 g/mol. The van der Waals surface area contributed by atoms with Gasteiger partial charge < -0.3 is 5.73 Å². The van der Waals surface area contributed by atoms with Crippen molar-refractivity contribution in [3.05, 3.63) is 20.8 Å². The number of sulfone groups is 1. The second-order valence-electron chi connectivity index (χ2n) is 2.97. The van der Waals surface area contributed by atoms with E-state index in [1.807, 2.05) is 11.4 Å². The number of hydrogen-bond acceptors (Lipinski definition) is 4. The largest absolute Gasteiger partial charge is 0.330 e. The van der Waals surface area contributed by atoms with Crippen molar-refractivity contribution in [2.75, 3.05) is 12.3 Å². The normalized spacial score (nSPS) is 11.9. The molecule has 3 nitrogen and oxygen atoms in total. The maximum Gasteiger partial charge on any atom is 0.155 e. The standard InChI is InChI=1S/C8H12BrNO2S2/c9-7-4-8(13-5-7)6-14(11,12)3-1-2-10/h4-5H,1-3,6,10H2. The second kappa shape index (κ2) is 5.25. The van der Waals surface area contributed by atoms with Gasteiger partial charge in [0.05, 0.1) is 11.5 Å². The van der Waals surface area contributed by atoms with Crippen molar-refractivity contribution in [1.29, 1.82) is 0 Å². The molecule has 0 spiro atoms. The highest BCUT2D eigenvalue weighted by Gasteiger charge is 2.12. The molecule has 0 saturated heterocycles. The zero-order valence-electron chi connectivity index (χ0n) is 7.57. The minimum absolute atomic E-state index is 0.128. The summed E-state index contributed by atoms with van der Waals surface area (Å²) in [5.74, 6) is 0.308. The number of rotatable bonds is 5. The third kappa shape index (κ3) is 4.08. The lowest BCUT2D eigenvalue weighted by Crippen LogP contribution is -2.12. The van der Waals surface area contributed by atoms with E-state index in [4.69, 9.17) is 5.73 Å². The fourth-order valence-electron chi connectivity index (χ4n) is 1.02. The summed E-state index contributed by atoms with van der Waals surface area (Å²) in [5.41, 5.74) is 5.26. The van der Waals surface area contributed by atoms with Crippen LogP contribution in [0, 0.1) is 0 Å². The molecule has 0 aliphatic heterocycles. The van der Waals surface area contributed by atoms with Gasteiger partial charge in [-0.05, 0) is 35.0 Å². The molecule has 0 unspecified atom stereocenters. The van der Waals surface area contributed by atoms with E-state index in [9.17, 15) is 8.42 Å². The first-order chi connectivity index (χ1) is 6.53. The molecule has 0 amide bonds. The van der Waals surface area contributed by atoms with Crippen molar-refractivity contribution in [2.45, 2.75) is 12.2 Å². The van der Waals surface area contributed by atoms with Crippen LogP contribution in [0.3, 0.4) is 0 Å². The lowest BCUT2D eigenvalue weighted by Gasteiger charge is -2.00. The Hall–Kier alpha value is 0.0900. The van der Waals surface area contributed by atoms with Crippen molar-refractivity contribution in [2.24, 2.45) is 5.73 Å². The summed E-state index contributed by atoms with van der Waals surface area (Å²) in [4.78, 5) is 0.869. The summed E-state index contributed by atoms with van der Waals surface area (Å²) in [6, 6.07) is 1.84. The Morgan fingerprint density at radius 3 is 2.71 bits per heavy atom. The summed E-state index contributed by atoms with van der Waals surface area (Å²) in [6.07, 6.45) is 0.537. The van der Waals surface area contributed by atoms with Crippen molar-refractivity contribution >= 4 is 37.1 Å². The quantitative estimate of drug-likeness (QED) is 0.901. The van der Waals surface area contributed by atoms with Crippen LogP contribution in [-0.2, 0) is 15.6 Å².